The van der Waals surface area contributed by atoms with E-state index in [9.17, 15) is 5.11 Å². The van der Waals surface area contributed by atoms with Crippen molar-refractivity contribution in [3.05, 3.63) is 42.1 Å². The number of ether oxygens (including phenoxy) is 1. The fraction of sp³-hybridized carbons (Fsp3) is 0.640. The van der Waals surface area contributed by atoms with Gasteiger partial charge in [0.25, 0.3) is 0 Å². The summed E-state index contributed by atoms with van der Waals surface area (Å²) in [5.41, 5.74) is 1.78. The van der Waals surface area contributed by atoms with Gasteiger partial charge in [0.05, 0.1) is 11.2 Å². The molecule has 3 aliphatic rings. The summed E-state index contributed by atoms with van der Waals surface area (Å²) in [6, 6.07) is 3.82. The van der Waals surface area contributed by atoms with Gasteiger partial charge in [-0.05, 0) is 102 Å². The molecule has 4 rings (SSSR count). The number of rotatable bonds is 8. The molecule has 29 heavy (non-hydrogen) atoms. The molecule has 0 amide bonds. The van der Waals surface area contributed by atoms with E-state index in [-0.39, 0.29) is 11.5 Å². The van der Waals surface area contributed by atoms with E-state index in [1.54, 1.807) is 0 Å². The Hall–Kier alpha value is -1.81. The molecule has 3 saturated carbocycles. The summed E-state index contributed by atoms with van der Waals surface area (Å²) in [6.45, 7) is 14.2. The molecule has 1 spiro atoms. The Labute approximate surface area is 175 Å². The van der Waals surface area contributed by atoms with E-state index in [0.29, 0.717) is 11.4 Å². The maximum atomic E-state index is 10.5. The number of aromatic nitrogens is 1. The molecule has 3 aliphatic carbocycles. The molecule has 2 unspecified atom stereocenters. The topological polar surface area (TPSA) is 45.6 Å². The average molecular weight is 397 g/mol. The van der Waals surface area contributed by atoms with Crippen LogP contribution in [0.5, 0.6) is 5.88 Å². The first kappa shape index (κ1) is 20.5. The molecule has 158 valence electrons. The molecule has 0 saturated heterocycles. The van der Waals surface area contributed by atoms with Crippen LogP contribution in [0.1, 0.15) is 65.9 Å². The fourth-order valence-corrected chi connectivity index (χ4v) is 5.74. The van der Waals surface area contributed by atoms with Crippen molar-refractivity contribution in [3.8, 4) is 5.88 Å². The van der Waals surface area contributed by atoms with Gasteiger partial charge in [0.15, 0.2) is 0 Å². The molecular formula is C25H36N2O2. The molecular weight excluding hydrogens is 360 g/mol. The summed E-state index contributed by atoms with van der Waals surface area (Å²) in [5.74, 6) is 3.80. The minimum Gasteiger partial charge on any atom is -0.493 e. The Kier molecular flexibility index (Phi) is 4.65. The third-order valence-electron chi connectivity index (χ3n) is 7.15. The number of pyridine rings is 1. The van der Waals surface area contributed by atoms with Crippen molar-refractivity contribution < 1.29 is 9.84 Å². The number of aromatic hydroxyl groups is 1. The summed E-state index contributed by atoms with van der Waals surface area (Å²) in [4.78, 5) is 6.31. The zero-order chi connectivity index (χ0) is 21.2. The van der Waals surface area contributed by atoms with Gasteiger partial charge in [-0.3, -0.25) is 0 Å². The lowest BCUT2D eigenvalue weighted by molar-refractivity contribution is -0.118. The van der Waals surface area contributed by atoms with Crippen LogP contribution in [0, 0.1) is 23.2 Å². The zero-order valence-electron chi connectivity index (χ0n) is 18.8. The zero-order valence-corrected chi connectivity index (χ0v) is 18.8. The molecule has 1 aromatic heterocycles. The lowest BCUT2D eigenvalue weighted by Gasteiger charge is -2.34. The van der Waals surface area contributed by atoms with Crippen LogP contribution in [-0.2, 0) is 10.3 Å². The van der Waals surface area contributed by atoms with Crippen LogP contribution in [0.3, 0.4) is 0 Å². The predicted molar refractivity (Wildman–Crippen MR) is 118 cm³/mol. The molecule has 0 aromatic carbocycles. The molecule has 0 bridgehead atoms. The smallest absolute Gasteiger partial charge is 0.218 e. The van der Waals surface area contributed by atoms with Gasteiger partial charge < -0.3 is 14.7 Å². The minimum atomic E-state index is -0.626. The van der Waals surface area contributed by atoms with E-state index >= 15 is 0 Å². The maximum Gasteiger partial charge on any atom is 0.218 e. The van der Waals surface area contributed by atoms with Crippen LogP contribution in [0.4, 0.5) is 5.82 Å². The van der Waals surface area contributed by atoms with Crippen LogP contribution in [0.25, 0.3) is 0 Å². The van der Waals surface area contributed by atoms with Crippen molar-refractivity contribution in [2.24, 2.45) is 23.2 Å². The van der Waals surface area contributed by atoms with Crippen LogP contribution >= 0.6 is 0 Å². The number of hydrogen-bond donors (Lipinski definition) is 1. The van der Waals surface area contributed by atoms with Crippen LogP contribution < -0.4 is 4.90 Å². The van der Waals surface area contributed by atoms with Crippen LogP contribution in [0.2, 0.25) is 0 Å². The fourth-order valence-electron chi connectivity index (χ4n) is 5.74. The first-order valence-electron chi connectivity index (χ1n) is 10.9. The summed E-state index contributed by atoms with van der Waals surface area (Å²) in [6.07, 6.45) is 9.45. The van der Waals surface area contributed by atoms with Gasteiger partial charge in [-0.25, -0.2) is 0 Å². The van der Waals surface area contributed by atoms with Gasteiger partial charge in [-0.15, -0.1) is 0 Å². The number of nitrogens with zero attached hydrogens (tertiary/aromatic N) is 2. The Morgan fingerprint density at radius 2 is 1.93 bits per heavy atom. The summed E-state index contributed by atoms with van der Waals surface area (Å²) < 4.78 is 6.11. The Balaban J connectivity index is 1.33. The Bertz CT molecular complexity index is 833. The Morgan fingerprint density at radius 3 is 2.48 bits per heavy atom. The lowest BCUT2D eigenvalue weighted by atomic mass is 9.81. The SMILES string of the molecule is C=C(/C=C\N(C)c1ccc(C(C)(C)OC(C)(C)C)c(O)n1)CCC1C2CC23CC13. The van der Waals surface area contributed by atoms with Gasteiger partial charge in [-0.2, -0.15) is 4.98 Å². The Morgan fingerprint density at radius 1 is 1.28 bits per heavy atom. The van der Waals surface area contributed by atoms with Crippen molar-refractivity contribution in [3.63, 3.8) is 0 Å². The largest absolute Gasteiger partial charge is 0.493 e. The highest BCUT2D eigenvalue weighted by Crippen LogP contribution is 2.90. The van der Waals surface area contributed by atoms with Gasteiger partial charge in [-0.1, -0.05) is 12.2 Å². The van der Waals surface area contributed by atoms with Crippen molar-refractivity contribution >= 4 is 5.82 Å². The van der Waals surface area contributed by atoms with E-state index in [2.05, 4.69) is 17.6 Å². The van der Waals surface area contributed by atoms with E-state index in [0.717, 1.165) is 35.2 Å². The van der Waals surface area contributed by atoms with E-state index in [1.807, 2.05) is 64.9 Å². The normalized spacial score (nSPS) is 29.8. The highest BCUT2D eigenvalue weighted by molar-refractivity contribution is 5.47. The van der Waals surface area contributed by atoms with Crippen LogP contribution in [-0.4, -0.2) is 22.7 Å². The van der Waals surface area contributed by atoms with Gasteiger partial charge in [0.2, 0.25) is 5.88 Å². The molecule has 1 heterocycles. The first-order valence-corrected chi connectivity index (χ1v) is 10.9. The number of allylic oxidation sites excluding steroid dienone is 2. The van der Waals surface area contributed by atoms with Gasteiger partial charge in [0, 0.05) is 18.8 Å². The summed E-state index contributed by atoms with van der Waals surface area (Å²) in [7, 11) is 1.94. The monoisotopic (exact) mass is 396 g/mol. The first-order chi connectivity index (χ1) is 13.4. The minimum absolute atomic E-state index is 0.0122. The third-order valence-corrected chi connectivity index (χ3v) is 7.15. The molecule has 0 radical (unpaired) electrons. The number of anilines is 1. The van der Waals surface area contributed by atoms with E-state index in [4.69, 9.17) is 4.74 Å². The van der Waals surface area contributed by atoms with Crippen molar-refractivity contribution in [2.75, 3.05) is 11.9 Å². The molecule has 0 aliphatic heterocycles. The summed E-state index contributed by atoms with van der Waals surface area (Å²) >= 11 is 0. The standard InChI is InChI=1S/C25H36N2O2/c1-16(8-9-17-19-14-25(19)15-20(17)25)12-13-27(7)21-11-10-18(22(28)26-21)24(5,6)29-23(2,3)4/h10-13,17,19-20H,1,8-9,14-15H2,2-7H3,(H,26,28)/b13-12-. The van der Waals surface area contributed by atoms with Gasteiger partial charge >= 0.3 is 0 Å². The van der Waals surface area contributed by atoms with Crippen LogP contribution in [0.15, 0.2) is 36.6 Å². The maximum absolute atomic E-state index is 10.5. The molecule has 4 nitrogen and oxygen atoms in total. The molecule has 3 fully saturated rings. The molecule has 4 heteroatoms. The molecule has 1 N–H and O–H groups in total. The van der Waals surface area contributed by atoms with Crippen molar-refractivity contribution in [2.45, 2.75) is 71.5 Å². The number of hydrogen-bond acceptors (Lipinski definition) is 4. The molecule has 2 atom stereocenters. The van der Waals surface area contributed by atoms with E-state index < -0.39 is 5.60 Å². The lowest BCUT2D eigenvalue weighted by Crippen LogP contribution is -2.33. The highest BCUT2D eigenvalue weighted by Gasteiger charge is 2.83. The van der Waals surface area contributed by atoms with Crippen molar-refractivity contribution in [1.82, 2.24) is 4.98 Å². The van der Waals surface area contributed by atoms with Gasteiger partial charge in [0.1, 0.15) is 5.82 Å². The second-order valence-corrected chi connectivity index (χ2v) is 10.9. The third kappa shape index (κ3) is 3.84. The average Bonchev–Trinajstić information content (AvgIpc) is 3.45. The summed E-state index contributed by atoms with van der Waals surface area (Å²) in [5, 5.41) is 10.5. The second-order valence-electron chi connectivity index (χ2n) is 10.9. The van der Waals surface area contributed by atoms with Crippen molar-refractivity contribution in [1.29, 1.82) is 0 Å². The molecule has 1 aromatic rings. The quantitative estimate of drug-likeness (QED) is 0.566. The predicted octanol–water partition coefficient (Wildman–Crippen LogP) is 5.78. The van der Waals surface area contributed by atoms with E-state index in [1.165, 1.54) is 19.3 Å². The second kappa shape index (κ2) is 6.60. The highest BCUT2D eigenvalue weighted by atomic mass is 16.5.